The molecule has 0 aromatic rings. The van der Waals surface area contributed by atoms with Gasteiger partial charge in [-0.25, -0.2) is 9.59 Å². The summed E-state index contributed by atoms with van der Waals surface area (Å²) < 4.78 is 18.7. The van der Waals surface area contributed by atoms with E-state index in [0.29, 0.717) is 45.2 Å². The zero-order valence-corrected chi connectivity index (χ0v) is 50.1. The smallest absolute Gasteiger partial charge is 0.414 e. The van der Waals surface area contributed by atoms with Gasteiger partial charge in [-0.15, -0.1) is 0 Å². The van der Waals surface area contributed by atoms with E-state index in [9.17, 15) is 33.9 Å². The fourth-order valence-corrected chi connectivity index (χ4v) is 18.0. The number of ether oxygens (including phenoxy) is 3. The summed E-state index contributed by atoms with van der Waals surface area (Å²) in [5.74, 6) is -0.0404. The van der Waals surface area contributed by atoms with Crippen molar-refractivity contribution in [3.05, 3.63) is 24.3 Å². The zero-order chi connectivity index (χ0) is 56.8. The summed E-state index contributed by atoms with van der Waals surface area (Å²) in [6.07, 6.45) is 15.9. The first-order valence-electron chi connectivity index (χ1n) is 30.0. The molecule has 434 valence electrons. The third-order valence-corrected chi connectivity index (χ3v) is 23.6. The summed E-state index contributed by atoms with van der Waals surface area (Å²) in [5.41, 5.74) is -2.64. The largest absolute Gasteiger partial charge is 0.445 e. The summed E-state index contributed by atoms with van der Waals surface area (Å²) in [7, 11) is 5.78. The summed E-state index contributed by atoms with van der Waals surface area (Å²) in [6.45, 7) is 28.5. The van der Waals surface area contributed by atoms with Crippen LogP contribution >= 0.6 is 0 Å². The lowest BCUT2D eigenvalue weighted by molar-refractivity contribution is -0.197. The number of ketones is 2. The molecule has 2 aliphatic heterocycles. The SMILES string of the molecule is C/C=C\C[C@]1(C)C[C@@H](OC(=O)NC(=O)[C@H]2CN(C)CC[C@@H]2C)[C@@]2(C)C3C(=O)CCC3(CC[C@H]2C)[C@@H](C)[C@@H]1O.C/C=C\C[C@]1(C)C[C@@H](OC(=O)NC(=O)[C@H]2CN(C)CC[C@@H]2C)[C@@]2(C)C3[C@H](OC)CCC3(CC[C@H]2C)[C@@H](C)C1=O. The quantitative estimate of drug-likeness (QED) is 0.186. The number of hydrogen-bond acceptors (Lipinski definition) is 12. The molecule has 6 saturated carbocycles. The molecule has 8 fully saturated rings. The maximum atomic E-state index is 14.3. The number of nitrogens with zero attached hydrogens (tertiary/aromatic N) is 2. The Kier molecular flexibility index (Phi) is 18.7. The Bertz CT molecular complexity index is 2250. The Balaban J connectivity index is 0.000000224. The molecule has 4 amide bonds. The molecule has 77 heavy (non-hydrogen) atoms. The summed E-state index contributed by atoms with van der Waals surface area (Å²) in [6, 6.07) is 0. The molecule has 4 bridgehead atoms. The van der Waals surface area contributed by atoms with Crippen molar-refractivity contribution < 1.29 is 48.1 Å². The molecule has 2 heterocycles. The van der Waals surface area contributed by atoms with Gasteiger partial charge in [-0.05, 0) is 165 Å². The van der Waals surface area contributed by atoms with Gasteiger partial charge in [0, 0.05) is 66.0 Å². The second kappa shape index (κ2) is 23.6. The van der Waals surface area contributed by atoms with Crippen molar-refractivity contribution in [2.75, 3.05) is 47.4 Å². The van der Waals surface area contributed by atoms with E-state index in [1.165, 1.54) is 0 Å². The molecule has 0 aromatic heterocycles. The Hall–Kier alpha value is -3.46. The predicted molar refractivity (Wildman–Crippen MR) is 299 cm³/mol. The average Bonchev–Trinajstić information content (AvgIpc) is 4.21. The molecule has 14 nitrogen and oxygen atoms in total. The van der Waals surface area contributed by atoms with Crippen molar-refractivity contribution in [1.29, 1.82) is 0 Å². The summed E-state index contributed by atoms with van der Waals surface area (Å²) in [5, 5.41) is 17.0. The fourth-order valence-electron chi connectivity index (χ4n) is 18.0. The van der Waals surface area contributed by atoms with Gasteiger partial charge in [0.05, 0.1) is 24.0 Å². The fraction of sp³-hybridized carbons (Fsp3) is 0.841. The maximum Gasteiger partial charge on any atom is 0.414 e. The minimum Gasteiger partial charge on any atom is -0.445 e. The molecular formula is C63H102N4O10. The highest BCUT2D eigenvalue weighted by atomic mass is 16.6. The third kappa shape index (κ3) is 11.1. The van der Waals surface area contributed by atoms with Crippen LogP contribution in [0.4, 0.5) is 9.59 Å². The monoisotopic (exact) mass is 1070 g/mol. The van der Waals surface area contributed by atoms with E-state index in [1.807, 2.05) is 47.0 Å². The van der Waals surface area contributed by atoms with Crippen LogP contribution < -0.4 is 10.6 Å². The van der Waals surface area contributed by atoms with Gasteiger partial charge in [0.25, 0.3) is 0 Å². The number of likely N-dealkylation sites (tertiary alicyclic amines) is 2. The van der Waals surface area contributed by atoms with Gasteiger partial charge >= 0.3 is 12.2 Å². The number of imide groups is 2. The van der Waals surface area contributed by atoms with Crippen LogP contribution in [0.25, 0.3) is 0 Å². The summed E-state index contributed by atoms with van der Waals surface area (Å²) in [4.78, 5) is 85.4. The van der Waals surface area contributed by atoms with E-state index in [-0.39, 0.29) is 105 Å². The molecule has 14 heteroatoms. The van der Waals surface area contributed by atoms with Crippen molar-refractivity contribution in [3.63, 3.8) is 0 Å². The van der Waals surface area contributed by atoms with E-state index < -0.39 is 46.7 Å². The van der Waals surface area contributed by atoms with Gasteiger partial charge in [-0.3, -0.25) is 29.8 Å². The topological polar surface area (TPSA) is 181 Å². The number of alkyl carbamates (subject to hydrolysis) is 2. The van der Waals surface area contributed by atoms with E-state index in [2.05, 4.69) is 94.9 Å². The Morgan fingerprint density at radius 3 is 1.70 bits per heavy atom. The molecule has 0 spiro atoms. The van der Waals surface area contributed by atoms with Crippen molar-refractivity contribution in [1.82, 2.24) is 20.4 Å². The molecule has 0 radical (unpaired) electrons. The van der Waals surface area contributed by atoms with E-state index in [0.717, 1.165) is 70.9 Å². The molecule has 0 aromatic carbocycles. The molecule has 3 N–H and O–H groups in total. The highest BCUT2D eigenvalue weighted by molar-refractivity contribution is 5.94. The van der Waals surface area contributed by atoms with Crippen LogP contribution in [0.15, 0.2) is 24.3 Å². The number of Topliss-reactive ketones (excluding diaryl/α,β-unsaturated/α-hetero) is 2. The lowest BCUT2D eigenvalue weighted by Gasteiger charge is -2.62. The number of nitrogens with one attached hydrogen (secondary N) is 2. The van der Waals surface area contributed by atoms with Crippen LogP contribution in [0.2, 0.25) is 0 Å². The highest BCUT2D eigenvalue weighted by Gasteiger charge is 2.70. The Morgan fingerprint density at radius 1 is 0.675 bits per heavy atom. The first kappa shape index (κ1) is 61.2. The average molecular weight is 1080 g/mol. The standard InChI is InChI=1S/C32H52N2O5.C31H50N2O5/c1-9-10-14-30(5)18-25(39-29(37)33-28(36)23-19-34(7)17-13-20(23)2)31(6)21(3)11-15-32(22(4)27(30)35)16-12-24(38-8)26(31)32;1-8-9-13-29(5)17-24(38-28(37)32-27(36)22-18-33(7)16-12-19(22)2)30(6)20(3)10-14-31(21(4)26(29)35)15-11-23(34)25(30)31/h9-10,20-26H,11-19H2,1-8H3,(H,33,36,37);8-9,19-22,24-26,35H,10-18H2,1-7H3,(H,32,36,37)/b10-9-;9-8-/t20-,21+,22-,23-,24+,25+,26?,30+,31-,32?;19-,20+,21-,22-,24+,25?,26-,29+,30-,31?/m00/s1. The Morgan fingerprint density at radius 2 is 1.17 bits per heavy atom. The minimum atomic E-state index is -0.730. The van der Waals surface area contributed by atoms with E-state index in [1.54, 1.807) is 7.11 Å². The Labute approximate surface area is 463 Å². The first-order chi connectivity index (χ1) is 36.1. The minimum absolute atomic E-state index is 0.0160. The molecular weight excluding hydrogens is 973 g/mol. The normalized spacial score (nSPS) is 45.4. The van der Waals surface area contributed by atoms with Crippen LogP contribution in [0.3, 0.4) is 0 Å². The van der Waals surface area contributed by atoms with Crippen molar-refractivity contribution >= 4 is 35.6 Å². The van der Waals surface area contributed by atoms with E-state index in [4.69, 9.17) is 14.2 Å². The van der Waals surface area contributed by atoms with Crippen LogP contribution in [0.5, 0.6) is 0 Å². The number of aliphatic hydroxyl groups is 1. The number of hydrogen-bond donors (Lipinski definition) is 3. The highest BCUT2D eigenvalue weighted by Crippen LogP contribution is 2.70. The molecule has 8 aliphatic rings. The van der Waals surface area contributed by atoms with Crippen LogP contribution in [0, 0.1) is 91.7 Å². The number of amides is 4. The van der Waals surface area contributed by atoms with Gasteiger partial charge in [0.1, 0.15) is 23.8 Å². The first-order valence-corrected chi connectivity index (χ1v) is 30.0. The molecule has 20 atom stereocenters. The lowest BCUT2D eigenvalue weighted by Crippen LogP contribution is -2.63. The van der Waals surface area contributed by atoms with Crippen LogP contribution in [0.1, 0.15) is 173 Å². The maximum absolute atomic E-state index is 14.3. The zero-order valence-electron chi connectivity index (χ0n) is 50.1. The second-order valence-corrected chi connectivity index (χ2v) is 27.8. The number of rotatable bonds is 9. The predicted octanol–water partition coefficient (Wildman–Crippen LogP) is 10.6. The number of allylic oxidation sites excluding steroid dienone is 4. The number of carbonyl (C=O) groups excluding carboxylic acids is 6. The number of methoxy groups -OCH3 is 1. The molecule has 4 unspecified atom stereocenters. The van der Waals surface area contributed by atoms with Crippen LogP contribution in [-0.4, -0.2) is 122 Å². The van der Waals surface area contributed by atoms with Gasteiger partial charge in [-0.1, -0.05) is 93.5 Å². The molecule has 8 rings (SSSR count). The number of aliphatic hydroxyl groups excluding tert-OH is 1. The summed E-state index contributed by atoms with van der Waals surface area (Å²) >= 11 is 0. The third-order valence-electron chi connectivity index (χ3n) is 23.6. The van der Waals surface area contributed by atoms with Crippen LogP contribution in [-0.2, 0) is 33.4 Å². The van der Waals surface area contributed by atoms with E-state index >= 15 is 0 Å². The van der Waals surface area contributed by atoms with Gasteiger partial charge in [0.15, 0.2) is 0 Å². The number of piperidine rings is 2. The number of carbonyl (C=O) groups is 6. The molecule has 2 saturated heterocycles. The molecule has 6 aliphatic carbocycles. The lowest BCUT2D eigenvalue weighted by atomic mass is 9.43. The van der Waals surface area contributed by atoms with Crippen molar-refractivity contribution in [2.24, 2.45) is 91.7 Å². The van der Waals surface area contributed by atoms with Crippen molar-refractivity contribution in [3.8, 4) is 0 Å². The van der Waals surface area contributed by atoms with Gasteiger partial charge < -0.3 is 29.1 Å². The van der Waals surface area contributed by atoms with Gasteiger partial charge in [-0.2, -0.15) is 0 Å². The van der Waals surface area contributed by atoms with Crippen molar-refractivity contribution in [2.45, 2.75) is 197 Å². The van der Waals surface area contributed by atoms with Gasteiger partial charge in [0.2, 0.25) is 11.8 Å². The second-order valence-electron chi connectivity index (χ2n) is 27.8.